The molecule has 0 atom stereocenters. The first kappa shape index (κ1) is 25.4. The smallest absolute Gasteiger partial charge is 0.250 e. The zero-order chi connectivity index (χ0) is 26.8. The molecule has 2 aliphatic rings. The lowest BCUT2D eigenvalue weighted by atomic mass is 9.85. The van der Waals surface area contributed by atoms with Gasteiger partial charge in [0.2, 0.25) is 5.91 Å². The highest BCUT2D eigenvalue weighted by atomic mass is 16.2. The molecule has 1 aromatic heterocycles. The third kappa shape index (κ3) is 4.97. The van der Waals surface area contributed by atoms with Crippen LogP contribution in [0.4, 0.5) is 5.69 Å². The second-order valence-electron chi connectivity index (χ2n) is 11.0. The van der Waals surface area contributed by atoms with E-state index < -0.39 is 5.54 Å². The zero-order valence-electron chi connectivity index (χ0n) is 22.6. The standard InChI is InChI=1S/C33H36N4O2/c1-25(38)27-10-7-9-26(21-27)23-36-24-37(29-12-3-2-4-13-29)33(32(36)39)16-19-35(20-17-33)18-8-11-28-22-34-31-15-6-5-14-30(28)31/h2-7,9-10,12-15,21-22,34H,8,11,16-20,23-24H2,1H3. The molecule has 6 rings (SSSR count). The first-order valence-electron chi connectivity index (χ1n) is 14.0. The van der Waals surface area contributed by atoms with Crippen molar-refractivity contribution in [2.45, 2.75) is 44.7 Å². The van der Waals surface area contributed by atoms with Crippen LogP contribution in [0, 0.1) is 0 Å². The summed E-state index contributed by atoms with van der Waals surface area (Å²) >= 11 is 0. The van der Waals surface area contributed by atoms with E-state index in [1.807, 2.05) is 47.4 Å². The van der Waals surface area contributed by atoms with Crippen LogP contribution in [0.3, 0.4) is 0 Å². The maximum Gasteiger partial charge on any atom is 0.250 e. The van der Waals surface area contributed by atoms with E-state index in [1.54, 1.807) is 6.92 Å². The fraction of sp³-hybridized carbons (Fsp3) is 0.333. The van der Waals surface area contributed by atoms with Crippen LogP contribution in [0.5, 0.6) is 0 Å². The highest BCUT2D eigenvalue weighted by molar-refractivity contribution is 5.95. The molecule has 3 aromatic carbocycles. The van der Waals surface area contributed by atoms with Crippen LogP contribution in [0.2, 0.25) is 0 Å². The van der Waals surface area contributed by atoms with Crippen molar-refractivity contribution in [1.82, 2.24) is 14.8 Å². The number of anilines is 1. The molecule has 0 unspecified atom stereocenters. The minimum Gasteiger partial charge on any atom is -0.361 e. The third-order valence-electron chi connectivity index (χ3n) is 8.57. The number of H-pyrrole nitrogens is 1. The van der Waals surface area contributed by atoms with E-state index in [-0.39, 0.29) is 11.7 Å². The predicted octanol–water partition coefficient (Wildman–Crippen LogP) is 5.64. The zero-order valence-corrected chi connectivity index (χ0v) is 22.6. The molecule has 1 N–H and O–H groups in total. The molecule has 2 saturated heterocycles. The normalized spacial score (nSPS) is 17.4. The third-order valence-corrected chi connectivity index (χ3v) is 8.57. The molecular formula is C33H36N4O2. The fourth-order valence-corrected chi connectivity index (χ4v) is 6.41. The molecule has 39 heavy (non-hydrogen) atoms. The molecule has 200 valence electrons. The van der Waals surface area contributed by atoms with Gasteiger partial charge in [0.1, 0.15) is 5.54 Å². The maximum absolute atomic E-state index is 14.1. The van der Waals surface area contributed by atoms with Gasteiger partial charge in [-0.05, 0) is 74.5 Å². The van der Waals surface area contributed by atoms with Gasteiger partial charge in [-0.25, -0.2) is 0 Å². The van der Waals surface area contributed by atoms with E-state index in [0.29, 0.717) is 18.8 Å². The Morgan fingerprint density at radius 3 is 2.51 bits per heavy atom. The maximum atomic E-state index is 14.1. The second kappa shape index (κ2) is 10.7. The largest absolute Gasteiger partial charge is 0.361 e. The number of carbonyl (C=O) groups excluding carboxylic acids is 2. The van der Waals surface area contributed by atoms with Crippen molar-refractivity contribution in [1.29, 1.82) is 0 Å². The summed E-state index contributed by atoms with van der Waals surface area (Å²) < 4.78 is 0. The molecular weight excluding hydrogens is 484 g/mol. The minimum atomic E-state index is -0.521. The number of aryl methyl sites for hydroxylation is 1. The summed E-state index contributed by atoms with van der Waals surface area (Å²) in [5.74, 6) is 0.252. The van der Waals surface area contributed by atoms with Gasteiger partial charge in [0.25, 0.3) is 0 Å². The molecule has 2 aliphatic heterocycles. The quantitative estimate of drug-likeness (QED) is 0.305. The number of fused-ring (bicyclic) bond motifs is 1. The summed E-state index contributed by atoms with van der Waals surface area (Å²) in [5, 5.41) is 1.32. The number of likely N-dealkylation sites (tertiary alicyclic amines) is 1. The molecule has 3 heterocycles. The van der Waals surface area contributed by atoms with Crippen LogP contribution >= 0.6 is 0 Å². The molecule has 0 aliphatic carbocycles. The van der Waals surface area contributed by atoms with E-state index in [2.05, 4.69) is 57.4 Å². The van der Waals surface area contributed by atoms with Crippen LogP contribution in [0.1, 0.15) is 47.7 Å². The first-order valence-corrected chi connectivity index (χ1v) is 14.0. The van der Waals surface area contributed by atoms with E-state index in [0.717, 1.165) is 56.6 Å². The summed E-state index contributed by atoms with van der Waals surface area (Å²) in [6, 6.07) is 26.5. The average molecular weight is 521 g/mol. The van der Waals surface area contributed by atoms with Crippen LogP contribution < -0.4 is 4.90 Å². The molecule has 0 saturated carbocycles. The van der Waals surface area contributed by atoms with Gasteiger partial charge in [0.15, 0.2) is 5.78 Å². The number of aromatic nitrogens is 1. The Morgan fingerprint density at radius 2 is 1.72 bits per heavy atom. The monoisotopic (exact) mass is 520 g/mol. The van der Waals surface area contributed by atoms with Crippen molar-refractivity contribution in [2.24, 2.45) is 0 Å². The summed E-state index contributed by atoms with van der Waals surface area (Å²) in [6.45, 7) is 5.53. The van der Waals surface area contributed by atoms with Gasteiger partial charge in [0.05, 0.1) is 6.67 Å². The molecule has 0 radical (unpaired) electrons. The highest BCUT2D eigenvalue weighted by Crippen LogP contribution is 2.40. The van der Waals surface area contributed by atoms with Gasteiger partial charge >= 0.3 is 0 Å². The number of hydrogen-bond donors (Lipinski definition) is 1. The number of Topliss-reactive ketones (excluding diaryl/α,β-unsaturated/α-hetero) is 1. The summed E-state index contributed by atoms with van der Waals surface area (Å²) in [7, 11) is 0. The lowest BCUT2D eigenvalue weighted by molar-refractivity contribution is -0.134. The Balaban J connectivity index is 1.14. The van der Waals surface area contributed by atoms with Gasteiger partial charge in [-0.1, -0.05) is 54.6 Å². The van der Waals surface area contributed by atoms with Gasteiger partial charge in [-0.15, -0.1) is 0 Å². The summed E-state index contributed by atoms with van der Waals surface area (Å²) in [4.78, 5) is 36.2. The first-order chi connectivity index (χ1) is 19.0. The number of nitrogens with zero attached hydrogens (tertiary/aromatic N) is 3. The summed E-state index contributed by atoms with van der Waals surface area (Å²) in [5.41, 5.74) is 4.84. The number of nitrogens with one attached hydrogen (secondary N) is 1. The van der Waals surface area contributed by atoms with E-state index >= 15 is 0 Å². The van der Waals surface area contributed by atoms with Crippen molar-refractivity contribution in [3.8, 4) is 0 Å². The number of carbonyl (C=O) groups is 2. The van der Waals surface area contributed by atoms with Gasteiger partial charge in [-0.3, -0.25) is 9.59 Å². The Bertz CT molecular complexity index is 1470. The van der Waals surface area contributed by atoms with Crippen molar-refractivity contribution in [3.05, 3.63) is 102 Å². The van der Waals surface area contributed by atoms with Crippen LogP contribution in [0.15, 0.2) is 85.1 Å². The molecule has 6 nitrogen and oxygen atoms in total. The van der Waals surface area contributed by atoms with Crippen molar-refractivity contribution >= 4 is 28.3 Å². The number of para-hydroxylation sites is 2. The second-order valence-corrected chi connectivity index (χ2v) is 11.0. The topological polar surface area (TPSA) is 59.7 Å². The molecule has 4 aromatic rings. The highest BCUT2D eigenvalue weighted by Gasteiger charge is 2.53. The fourth-order valence-electron chi connectivity index (χ4n) is 6.41. The Morgan fingerprint density at radius 1 is 0.949 bits per heavy atom. The van der Waals surface area contributed by atoms with E-state index in [4.69, 9.17) is 0 Å². The Kier molecular flexibility index (Phi) is 6.96. The Hall–Kier alpha value is -3.90. The van der Waals surface area contributed by atoms with E-state index in [1.165, 1.54) is 16.5 Å². The van der Waals surface area contributed by atoms with E-state index in [9.17, 15) is 9.59 Å². The van der Waals surface area contributed by atoms with Gasteiger partial charge in [0, 0.05) is 48.0 Å². The molecule has 0 bridgehead atoms. The predicted molar refractivity (Wildman–Crippen MR) is 156 cm³/mol. The molecule has 2 fully saturated rings. The lowest BCUT2D eigenvalue weighted by Gasteiger charge is -2.43. The molecule has 1 spiro atoms. The molecule has 6 heteroatoms. The number of benzene rings is 3. The summed E-state index contributed by atoms with van der Waals surface area (Å²) in [6.07, 6.45) is 5.93. The van der Waals surface area contributed by atoms with Crippen LogP contribution in [-0.4, -0.2) is 58.3 Å². The Labute approximate surface area is 230 Å². The SMILES string of the molecule is CC(=O)c1cccc(CN2CN(c3ccccc3)C3(CCN(CCCc4c[nH]c5ccccc45)CC3)C2=O)c1. The van der Waals surface area contributed by atoms with Gasteiger partial charge in [-0.2, -0.15) is 0 Å². The van der Waals surface area contributed by atoms with Crippen molar-refractivity contribution < 1.29 is 9.59 Å². The number of rotatable bonds is 8. The average Bonchev–Trinajstić information content (AvgIpc) is 3.49. The number of hydrogen-bond acceptors (Lipinski definition) is 4. The van der Waals surface area contributed by atoms with Crippen LogP contribution in [-0.2, 0) is 17.8 Å². The van der Waals surface area contributed by atoms with Crippen molar-refractivity contribution in [3.63, 3.8) is 0 Å². The molecule has 1 amide bonds. The number of piperidine rings is 1. The van der Waals surface area contributed by atoms with Crippen molar-refractivity contribution in [2.75, 3.05) is 31.2 Å². The van der Waals surface area contributed by atoms with Gasteiger partial charge < -0.3 is 19.7 Å². The lowest BCUT2D eigenvalue weighted by Crippen LogP contribution is -2.56. The number of aromatic amines is 1. The van der Waals surface area contributed by atoms with Crippen LogP contribution in [0.25, 0.3) is 10.9 Å². The minimum absolute atomic E-state index is 0.0454. The number of ketones is 1. The number of amides is 1.